The second kappa shape index (κ2) is 12.2. The fourth-order valence-electron chi connectivity index (χ4n) is 5.34. The van der Waals surface area contributed by atoms with E-state index in [1.807, 2.05) is 11.8 Å². The minimum atomic E-state index is -5.07. The molecular weight excluding hydrogens is 636 g/mol. The molecule has 3 aromatic rings. The number of carbonyl (C=O) groups excluding carboxylic acids is 1. The monoisotopic (exact) mass is 667 g/mol. The third kappa shape index (κ3) is 7.13. The maximum absolute atomic E-state index is 14.1. The molecule has 8 nitrogen and oxygen atoms in total. The van der Waals surface area contributed by atoms with Crippen LogP contribution < -0.4 is 15.5 Å². The largest absolute Gasteiger partial charge is 0.492 e. The zero-order valence-corrected chi connectivity index (χ0v) is 26.1. The summed E-state index contributed by atoms with van der Waals surface area (Å²) >= 11 is 1.05. The van der Waals surface area contributed by atoms with Gasteiger partial charge in [-0.2, -0.15) is 41.5 Å². The molecule has 0 bridgehead atoms. The summed E-state index contributed by atoms with van der Waals surface area (Å²) < 4.78 is 88.0. The lowest BCUT2D eigenvalue weighted by atomic mass is 9.94. The second-order valence-electron chi connectivity index (χ2n) is 12.0. The fourth-order valence-corrected chi connectivity index (χ4v) is 6.40. The van der Waals surface area contributed by atoms with Crippen LogP contribution in [0.5, 0.6) is 5.88 Å². The van der Waals surface area contributed by atoms with Crippen molar-refractivity contribution in [3.63, 3.8) is 0 Å². The van der Waals surface area contributed by atoms with Crippen LogP contribution in [0, 0.1) is 0 Å². The molecule has 1 amide bonds. The normalized spacial score (nSPS) is 17.6. The molecule has 2 aliphatic rings. The van der Waals surface area contributed by atoms with E-state index in [-0.39, 0.29) is 22.6 Å². The number of aromatic nitrogens is 1. The summed E-state index contributed by atoms with van der Waals surface area (Å²) in [6.45, 7) is 8.29. The average molecular weight is 668 g/mol. The zero-order valence-electron chi connectivity index (χ0n) is 25.3. The number of hydrogen-bond acceptors (Lipinski definition) is 8. The average Bonchev–Trinajstić information content (AvgIpc) is 3.59. The summed E-state index contributed by atoms with van der Waals surface area (Å²) in [7, 11) is 0. The highest BCUT2D eigenvalue weighted by atomic mass is 32.1. The van der Waals surface area contributed by atoms with Crippen LogP contribution in [0.2, 0.25) is 0 Å². The van der Waals surface area contributed by atoms with E-state index in [1.165, 1.54) is 6.21 Å². The Bertz CT molecular complexity index is 1800. The van der Waals surface area contributed by atoms with Crippen LogP contribution in [-0.2, 0) is 23.5 Å². The van der Waals surface area contributed by atoms with Gasteiger partial charge in [-0.05, 0) is 67.8 Å². The molecule has 15 heteroatoms. The minimum Gasteiger partial charge on any atom is -0.492 e. The number of anilines is 1. The van der Waals surface area contributed by atoms with Crippen LogP contribution in [0.4, 0.5) is 36.3 Å². The van der Waals surface area contributed by atoms with E-state index < -0.39 is 53.0 Å². The molecule has 1 fully saturated rings. The van der Waals surface area contributed by atoms with Gasteiger partial charge < -0.3 is 19.6 Å². The lowest BCUT2D eigenvalue weighted by Crippen LogP contribution is -2.56. The van der Waals surface area contributed by atoms with Gasteiger partial charge in [-0.25, -0.2) is 4.79 Å². The molecule has 3 heterocycles. The molecule has 1 aromatic heterocycles. The van der Waals surface area contributed by atoms with Crippen molar-refractivity contribution in [1.82, 2.24) is 9.88 Å². The maximum Gasteiger partial charge on any atom is 0.416 e. The van der Waals surface area contributed by atoms with Gasteiger partial charge >= 0.3 is 18.4 Å². The molecule has 2 aliphatic heterocycles. The van der Waals surface area contributed by atoms with E-state index >= 15 is 0 Å². The number of piperazine rings is 1. The quantitative estimate of drug-likeness (QED) is 0.331. The molecule has 46 heavy (non-hydrogen) atoms. The van der Waals surface area contributed by atoms with Crippen molar-refractivity contribution in [2.45, 2.75) is 64.5 Å². The highest BCUT2D eigenvalue weighted by molar-refractivity contribution is 7.17. The molecule has 0 spiro atoms. The van der Waals surface area contributed by atoms with Crippen molar-refractivity contribution in [3.8, 4) is 5.88 Å². The van der Waals surface area contributed by atoms with Gasteiger partial charge in [0.25, 0.3) is 0 Å². The van der Waals surface area contributed by atoms with Crippen LogP contribution in [0.3, 0.4) is 0 Å². The Hall–Kier alpha value is -4.14. The Morgan fingerprint density at radius 3 is 2.43 bits per heavy atom. The Kier molecular flexibility index (Phi) is 8.83. The third-order valence-corrected chi connectivity index (χ3v) is 8.74. The van der Waals surface area contributed by atoms with Crippen LogP contribution in [-0.4, -0.2) is 58.6 Å². The SMILES string of the molecule is CCC1CN(c2nc(O)c(C(Cc3ccc(C(F)(F)F)cc3C(F)(F)F)=c3ccc4c(c3)C=NN=4)s2)CCN1C(=O)OC(C)(C)C. The van der Waals surface area contributed by atoms with Gasteiger partial charge in [0.2, 0.25) is 5.88 Å². The fraction of sp³-hybridized carbons (Fsp3) is 0.419. The maximum atomic E-state index is 14.1. The Morgan fingerprint density at radius 2 is 1.78 bits per heavy atom. The molecule has 1 saturated heterocycles. The van der Waals surface area contributed by atoms with Gasteiger partial charge in [0.05, 0.1) is 33.6 Å². The molecule has 0 aliphatic carbocycles. The zero-order chi connectivity index (χ0) is 33.6. The van der Waals surface area contributed by atoms with Crippen molar-refractivity contribution in [1.29, 1.82) is 0 Å². The number of benzene rings is 2. The lowest BCUT2D eigenvalue weighted by molar-refractivity contribution is -0.143. The number of ether oxygens (including phenoxy) is 1. The number of amides is 1. The van der Waals surface area contributed by atoms with E-state index in [9.17, 15) is 36.2 Å². The highest BCUT2D eigenvalue weighted by Gasteiger charge is 2.39. The molecular formula is C31H31F6N5O3S. The number of thiazole rings is 1. The van der Waals surface area contributed by atoms with Crippen molar-refractivity contribution in [2.75, 3.05) is 24.5 Å². The highest BCUT2D eigenvalue weighted by Crippen LogP contribution is 2.41. The second-order valence-corrected chi connectivity index (χ2v) is 12.9. The van der Waals surface area contributed by atoms with Gasteiger partial charge in [0.15, 0.2) is 5.13 Å². The number of carbonyl (C=O) groups is 1. The number of aromatic hydroxyl groups is 1. The first-order chi connectivity index (χ1) is 21.4. The lowest BCUT2D eigenvalue weighted by Gasteiger charge is -2.41. The van der Waals surface area contributed by atoms with Crippen molar-refractivity contribution in [2.24, 2.45) is 10.2 Å². The Labute approximate surface area is 264 Å². The third-order valence-electron chi connectivity index (χ3n) is 7.57. The molecule has 1 atom stereocenters. The smallest absolute Gasteiger partial charge is 0.416 e. The first-order valence-corrected chi connectivity index (χ1v) is 15.2. The van der Waals surface area contributed by atoms with Gasteiger partial charge in [-0.3, -0.25) is 0 Å². The summed E-state index contributed by atoms with van der Waals surface area (Å²) in [5.74, 6) is -0.433. The Morgan fingerprint density at radius 1 is 1.04 bits per heavy atom. The molecule has 1 N–H and O–H groups in total. The van der Waals surface area contributed by atoms with Crippen LogP contribution in [0.25, 0.3) is 5.57 Å². The van der Waals surface area contributed by atoms with E-state index in [0.29, 0.717) is 53.4 Å². The molecule has 0 radical (unpaired) electrons. The number of fused-ring (bicyclic) bond motifs is 1. The number of nitrogens with zero attached hydrogens (tertiary/aromatic N) is 5. The minimum absolute atomic E-state index is 0.105. The molecule has 0 saturated carbocycles. The topological polar surface area (TPSA) is 90.6 Å². The number of rotatable bonds is 5. The first-order valence-electron chi connectivity index (χ1n) is 14.4. The Balaban J connectivity index is 1.55. The van der Waals surface area contributed by atoms with Crippen LogP contribution in [0.1, 0.15) is 61.2 Å². The van der Waals surface area contributed by atoms with Gasteiger partial charge in [0, 0.05) is 31.6 Å². The van der Waals surface area contributed by atoms with E-state index in [0.717, 1.165) is 17.4 Å². The van der Waals surface area contributed by atoms with E-state index in [2.05, 4.69) is 15.2 Å². The first kappa shape index (κ1) is 33.2. The van der Waals surface area contributed by atoms with Crippen molar-refractivity contribution < 1.29 is 41.0 Å². The van der Waals surface area contributed by atoms with Gasteiger partial charge in [-0.15, -0.1) is 0 Å². The van der Waals surface area contributed by atoms with Crippen molar-refractivity contribution >= 4 is 34.3 Å². The summed E-state index contributed by atoms with van der Waals surface area (Å²) in [5.41, 5.74) is -3.10. The molecule has 5 rings (SSSR count). The van der Waals surface area contributed by atoms with Gasteiger partial charge in [-0.1, -0.05) is 30.4 Å². The standard InChI is InChI=1S/C31H31F6N5O3S/c1-5-21-16-41(10-11-42(21)28(44)45-29(2,3)4)27-39-26(43)25(46-27)22(17-7-9-24-19(12-17)15-38-40-24)13-18-6-8-20(30(32,33)34)14-23(18)31(35,36)37/h6-9,12,14-15,21,43H,5,10-11,13,16H2,1-4H3. The molecule has 246 valence electrons. The van der Waals surface area contributed by atoms with Crippen LogP contribution in [0.15, 0.2) is 46.6 Å². The summed E-state index contributed by atoms with van der Waals surface area (Å²) in [6, 6.07) is 6.18. The summed E-state index contributed by atoms with van der Waals surface area (Å²) in [4.78, 5) is 20.9. The van der Waals surface area contributed by atoms with Gasteiger partial charge in [0.1, 0.15) is 5.60 Å². The number of hydrogen-bond donors (Lipinski definition) is 1. The van der Waals surface area contributed by atoms with E-state index in [4.69, 9.17) is 4.74 Å². The number of halogens is 6. The number of alkyl halides is 6. The summed E-state index contributed by atoms with van der Waals surface area (Å²) in [5, 5.41) is 20.3. The predicted molar refractivity (Wildman–Crippen MR) is 160 cm³/mol. The predicted octanol–water partition coefficient (Wildman–Crippen LogP) is 6.13. The molecule has 2 aromatic carbocycles. The van der Waals surface area contributed by atoms with Crippen molar-refractivity contribution in [3.05, 3.63) is 74.1 Å². The van der Waals surface area contributed by atoms with Crippen LogP contribution >= 0.6 is 11.3 Å². The van der Waals surface area contributed by atoms with E-state index in [1.54, 1.807) is 43.9 Å². The molecule has 1 unspecified atom stereocenters. The summed E-state index contributed by atoms with van der Waals surface area (Å²) in [6.07, 6.45) is -8.87.